The van der Waals surface area contributed by atoms with Crippen LogP contribution < -0.4 is 0 Å². The fourth-order valence-electron chi connectivity index (χ4n) is 1.41. The number of ketones is 1. The highest BCUT2D eigenvalue weighted by molar-refractivity contribution is 7.14. The molecule has 4 heteroatoms. The number of carbonyl (C=O) groups is 2. The molecule has 0 radical (unpaired) electrons. The molecule has 1 aromatic rings. The summed E-state index contributed by atoms with van der Waals surface area (Å²) in [5, 5.41) is 0. The van der Waals surface area contributed by atoms with Gasteiger partial charge in [-0.3, -0.25) is 9.59 Å². The smallest absolute Gasteiger partial charge is 0.310 e. The fraction of sp³-hybridized carbons (Fsp3) is 0.538. The van der Waals surface area contributed by atoms with Gasteiger partial charge in [-0.25, -0.2) is 0 Å². The van der Waals surface area contributed by atoms with Crippen molar-refractivity contribution in [3.8, 4) is 0 Å². The van der Waals surface area contributed by atoms with Gasteiger partial charge in [0.2, 0.25) is 0 Å². The summed E-state index contributed by atoms with van der Waals surface area (Å²) in [4.78, 5) is 24.6. The van der Waals surface area contributed by atoms with E-state index in [1.54, 1.807) is 6.07 Å². The molecular weight excluding hydrogens is 236 g/mol. The van der Waals surface area contributed by atoms with Crippen molar-refractivity contribution in [2.75, 3.05) is 7.11 Å². The van der Waals surface area contributed by atoms with Crippen LogP contribution >= 0.6 is 11.3 Å². The van der Waals surface area contributed by atoms with E-state index in [1.807, 2.05) is 26.8 Å². The van der Waals surface area contributed by atoms with E-state index in [0.717, 1.165) is 9.75 Å². The van der Waals surface area contributed by atoms with Crippen molar-refractivity contribution in [2.45, 2.75) is 33.6 Å². The van der Waals surface area contributed by atoms with Gasteiger partial charge in [-0.05, 0) is 17.5 Å². The number of carbonyl (C=O) groups excluding carboxylic acids is 2. The Hall–Kier alpha value is -1.16. The average molecular weight is 254 g/mol. The lowest BCUT2D eigenvalue weighted by Crippen LogP contribution is -2.11. The molecule has 1 aromatic heterocycles. The maximum absolute atomic E-state index is 11.9. The van der Waals surface area contributed by atoms with Crippen LogP contribution in [0.5, 0.6) is 0 Å². The first kappa shape index (κ1) is 13.9. The van der Waals surface area contributed by atoms with Gasteiger partial charge in [0.15, 0.2) is 5.78 Å². The molecule has 0 aliphatic rings. The zero-order chi connectivity index (χ0) is 13.1. The Bertz CT molecular complexity index is 413. The molecule has 3 nitrogen and oxygen atoms in total. The zero-order valence-corrected chi connectivity index (χ0v) is 11.5. The topological polar surface area (TPSA) is 43.4 Å². The van der Waals surface area contributed by atoms with Crippen LogP contribution in [0.15, 0.2) is 12.1 Å². The molecular formula is C13H18O3S. The first-order valence-corrected chi connectivity index (χ1v) is 6.32. The van der Waals surface area contributed by atoms with Crippen LogP contribution in [-0.2, 0) is 16.0 Å². The van der Waals surface area contributed by atoms with Crippen LogP contribution in [0, 0.1) is 5.41 Å². The van der Waals surface area contributed by atoms with Gasteiger partial charge in [-0.1, -0.05) is 20.8 Å². The van der Waals surface area contributed by atoms with E-state index in [2.05, 4.69) is 4.74 Å². The highest BCUT2D eigenvalue weighted by Gasteiger charge is 2.19. The van der Waals surface area contributed by atoms with E-state index in [-0.39, 0.29) is 23.6 Å². The van der Waals surface area contributed by atoms with Gasteiger partial charge in [-0.15, -0.1) is 11.3 Å². The summed E-state index contributed by atoms with van der Waals surface area (Å²) < 4.78 is 4.59. The number of esters is 1. The standard InChI is InChI=1S/C13H18O3S/c1-13(2,3)8-10(14)11-6-5-9(17-11)7-12(15)16-4/h5-6H,7-8H2,1-4H3. The zero-order valence-electron chi connectivity index (χ0n) is 10.7. The number of thiophene rings is 1. The van der Waals surface area contributed by atoms with E-state index in [4.69, 9.17) is 0 Å². The van der Waals surface area contributed by atoms with Crippen LogP contribution in [0.3, 0.4) is 0 Å². The summed E-state index contributed by atoms with van der Waals surface area (Å²) >= 11 is 1.37. The molecule has 1 heterocycles. The molecule has 0 aromatic carbocycles. The minimum atomic E-state index is -0.276. The number of ether oxygens (including phenoxy) is 1. The second-order valence-electron chi connectivity index (χ2n) is 5.18. The quantitative estimate of drug-likeness (QED) is 0.612. The molecule has 0 aliphatic heterocycles. The molecule has 0 spiro atoms. The van der Waals surface area contributed by atoms with Crippen molar-refractivity contribution in [3.05, 3.63) is 21.9 Å². The van der Waals surface area contributed by atoms with Crippen molar-refractivity contribution in [1.82, 2.24) is 0 Å². The normalized spacial score (nSPS) is 11.3. The van der Waals surface area contributed by atoms with E-state index in [0.29, 0.717) is 6.42 Å². The summed E-state index contributed by atoms with van der Waals surface area (Å²) in [5.74, 6) is -0.139. The Morgan fingerprint density at radius 3 is 2.47 bits per heavy atom. The van der Waals surface area contributed by atoms with E-state index >= 15 is 0 Å². The third-order valence-corrected chi connectivity index (χ3v) is 3.30. The van der Waals surface area contributed by atoms with Crippen LogP contribution in [0.4, 0.5) is 0 Å². The Labute approximate surface area is 106 Å². The van der Waals surface area contributed by atoms with E-state index in [9.17, 15) is 9.59 Å². The molecule has 0 aliphatic carbocycles. The highest BCUT2D eigenvalue weighted by atomic mass is 32.1. The number of methoxy groups -OCH3 is 1. The van der Waals surface area contributed by atoms with Gasteiger partial charge in [-0.2, -0.15) is 0 Å². The van der Waals surface area contributed by atoms with Crippen LogP contribution in [-0.4, -0.2) is 18.9 Å². The monoisotopic (exact) mass is 254 g/mol. The number of hydrogen-bond acceptors (Lipinski definition) is 4. The number of hydrogen-bond donors (Lipinski definition) is 0. The van der Waals surface area contributed by atoms with E-state index < -0.39 is 0 Å². The van der Waals surface area contributed by atoms with Crippen LogP contribution in [0.2, 0.25) is 0 Å². The minimum absolute atomic E-state index is 0.0103. The summed E-state index contributed by atoms with van der Waals surface area (Å²) in [7, 11) is 1.36. The predicted molar refractivity (Wildman–Crippen MR) is 68.4 cm³/mol. The van der Waals surface area contributed by atoms with Crippen LogP contribution in [0.25, 0.3) is 0 Å². The lowest BCUT2D eigenvalue weighted by Gasteiger charge is -2.15. The summed E-state index contributed by atoms with van der Waals surface area (Å²) in [6.45, 7) is 6.11. The summed E-state index contributed by atoms with van der Waals surface area (Å²) in [5.41, 5.74) is -0.0103. The molecule has 0 atom stereocenters. The molecule has 0 fully saturated rings. The number of rotatable bonds is 4. The summed E-state index contributed by atoms with van der Waals surface area (Å²) in [6.07, 6.45) is 0.759. The Morgan fingerprint density at radius 2 is 1.94 bits per heavy atom. The molecule has 0 N–H and O–H groups in total. The second kappa shape index (κ2) is 5.45. The van der Waals surface area contributed by atoms with Gasteiger partial charge in [0, 0.05) is 11.3 Å². The predicted octanol–water partition coefficient (Wildman–Crippen LogP) is 3.08. The third kappa shape index (κ3) is 4.69. The summed E-state index contributed by atoms with van der Waals surface area (Å²) in [6, 6.07) is 3.61. The average Bonchev–Trinajstić information content (AvgIpc) is 2.63. The number of Topliss-reactive ketones (excluding diaryl/α,β-unsaturated/α-hetero) is 1. The second-order valence-corrected chi connectivity index (χ2v) is 6.35. The van der Waals surface area contributed by atoms with Crippen molar-refractivity contribution < 1.29 is 14.3 Å². The molecule has 0 saturated carbocycles. The lowest BCUT2D eigenvalue weighted by atomic mass is 9.90. The Morgan fingerprint density at radius 1 is 1.29 bits per heavy atom. The largest absolute Gasteiger partial charge is 0.469 e. The van der Waals surface area contributed by atoms with Gasteiger partial charge in [0.25, 0.3) is 0 Å². The van der Waals surface area contributed by atoms with Crippen molar-refractivity contribution in [1.29, 1.82) is 0 Å². The molecule has 0 saturated heterocycles. The first-order chi connectivity index (χ1) is 7.81. The van der Waals surface area contributed by atoms with Gasteiger partial charge >= 0.3 is 5.97 Å². The maximum atomic E-state index is 11.9. The van der Waals surface area contributed by atoms with Gasteiger partial charge in [0.05, 0.1) is 18.4 Å². The Balaban J connectivity index is 2.68. The molecule has 1 rings (SSSR count). The van der Waals surface area contributed by atoms with Crippen LogP contribution in [0.1, 0.15) is 41.7 Å². The van der Waals surface area contributed by atoms with Crippen molar-refractivity contribution >= 4 is 23.1 Å². The highest BCUT2D eigenvalue weighted by Crippen LogP contribution is 2.25. The van der Waals surface area contributed by atoms with Crippen molar-refractivity contribution in [2.24, 2.45) is 5.41 Å². The van der Waals surface area contributed by atoms with Gasteiger partial charge < -0.3 is 4.74 Å². The third-order valence-electron chi connectivity index (χ3n) is 2.17. The van der Waals surface area contributed by atoms with Crippen molar-refractivity contribution in [3.63, 3.8) is 0 Å². The first-order valence-electron chi connectivity index (χ1n) is 5.50. The molecule has 17 heavy (non-hydrogen) atoms. The lowest BCUT2D eigenvalue weighted by molar-refractivity contribution is -0.139. The SMILES string of the molecule is COC(=O)Cc1ccc(C(=O)CC(C)(C)C)s1. The molecule has 94 valence electrons. The maximum Gasteiger partial charge on any atom is 0.310 e. The Kier molecular flexibility index (Phi) is 4.46. The van der Waals surface area contributed by atoms with E-state index in [1.165, 1.54) is 18.4 Å². The molecule has 0 bridgehead atoms. The molecule has 0 amide bonds. The van der Waals surface area contributed by atoms with Gasteiger partial charge in [0.1, 0.15) is 0 Å². The molecule has 0 unspecified atom stereocenters. The fourth-order valence-corrected chi connectivity index (χ4v) is 2.34. The minimum Gasteiger partial charge on any atom is -0.469 e.